The number of imidazole rings is 1. The van der Waals surface area contributed by atoms with Crippen LogP contribution in [-0.2, 0) is 0 Å². The largest absolute Gasteiger partial charge is 0.395 e. The van der Waals surface area contributed by atoms with Crippen molar-refractivity contribution >= 4 is 34.4 Å². The minimum atomic E-state index is -4.30. The van der Waals surface area contributed by atoms with Crippen molar-refractivity contribution < 1.29 is 22.4 Å². The van der Waals surface area contributed by atoms with E-state index in [1.807, 2.05) is 0 Å². The first-order valence-electron chi connectivity index (χ1n) is 9.17. The Hall–Kier alpha value is -3.20. The second-order valence-corrected chi connectivity index (χ2v) is 7.42. The monoisotopic (exact) mass is 450 g/mol. The topological polar surface area (TPSA) is 50.5 Å². The summed E-state index contributed by atoms with van der Waals surface area (Å²) in [6, 6.07) is 3.89. The Morgan fingerprint density at radius 1 is 1.26 bits per heavy atom. The highest BCUT2D eigenvalue weighted by atomic mass is 35.5. The van der Waals surface area contributed by atoms with Crippen molar-refractivity contribution in [2.45, 2.75) is 12.6 Å². The Balaban J connectivity index is 1.64. The number of allylic oxidation sites excluding steroid dienone is 4. The van der Waals surface area contributed by atoms with Crippen molar-refractivity contribution in [1.29, 1.82) is 0 Å². The molecule has 0 saturated carbocycles. The number of carbonyl (C=O) groups excluding carboxylic acids is 1. The van der Waals surface area contributed by atoms with Gasteiger partial charge in [0.25, 0.3) is 5.91 Å². The molecule has 0 saturated heterocycles. The summed E-state index contributed by atoms with van der Waals surface area (Å²) in [5.41, 5.74) is 1.99. The zero-order chi connectivity index (χ0) is 22.3. The van der Waals surface area contributed by atoms with Crippen molar-refractivity contribution in [3.8, 4) is 0 Å². The van der Waals surface area contributed by atoms with E-state index >= 15 is 0 Å². The molecule has 160 valence electrons. The average Bonchev–Trinajstić information content (AvgIpc) is 3.17. The van der Waals surface area contributed by atoms with Crippen molar-refractivity contribution in [2.75, 3.05) is 11.9 Å². The Labute approximate surface area is 179 Å². The van der Waals surface area contributed by atoms with Crippen LogP contribution < -0.4 is 4.90 Å². The summed E-state index contributed by atoms with van der Waals surface area (Å²) in [5, 5.41) is -0.120. The molecular formula is C21H15ClF4N4O. The van der Waals surface area contributed by atoms with Gasteiger partial charge in [-0.15, -0.1) is 0 Å². The number of hydrogen-bond donors (Lipinski definition) is 0. The van der Waals surface area contributed by atoms with Gasteiger partial charge in [0.2, 0.25) is 0 Å². The van der Waals surface area contributed by atoms with E-state index in [0.29, 0.717) is 22.6 Å². The fourth-order valence-corrected chi connectivity index (χ4v) is 3.42. The third-order valence-corrected chi connectivity index (χ3v) is 5.32. The molecule has 0 radical (unpaired) electrons. The van der Waals surface area contributed by atoms with Gasteiger partial charge in [-0.1, -0.05) is 29.8 Å². The molecule has 31 heavy (non-hydrogen) atoms. The first kappa shape index (κ1) is 21.0. The van der Waals surface area contributed by atoms with Gasteiger partial charge in [-0.2, -0.15) is 13.2 Å². The van der Waals surface area contributed by atoms with Gasteiger partial charge < -0.3 is 4.90 Å². The van der Waals surface area contributed by atoms with Crippen molar-refractivity contribution in [3.63, 3.8) is 0 Å². The molecule has 0 spiro atoms. The molecule has 0 bridgehead atoms. The maximum absolute atomic E-state index is 13.4. The van der Waals surface area contributed by atoms with Gasteiger partial charge in [-0.3, -0.25) is 9.20 Å². The number of amides is 1. The summed E-state index contributed by atoms with van der Waals surface area (Å²) in [5.74, 6) is -2.60. The van der Waals surface area contributed by atoms with Crippen LogP contribution >= 0.6 is 11.6 Å². The van der Waals surface area contributed by atoms with E-state index in [4.69, 9.17) is 11.6 Å². The van der Waals surface area contributed by atoms with Crippen LogP contribution in [-0.4, -0.2) is 33.5 Å². The number of halogens is 5. The number of alkyl halides is 3. The predicted molar refractivity (Wildman–Crippen MR) is 108 cm³/mol. The lowest BCUT2D eigenvalue weighted by molar-refractivity contribution is -0.160. The zero-order valence-electron chi connectivity index (χ0n) is 16.1. The third-order valence-electron chi connectivity index (χ3n) is 5.03. The van der Waals surface area contributed by atoms with Crippen LogP contribution in [0.3, 0.4) is 0 Å². The number of rotatable bonds is 3. The second kappa shape index (κ2) is 7.81. The number of hydrogen-bond acceptors (Lipinski definition) is 3. The van der Waals surface area contributed by atoms with Crippen molar-refractivity contribution in [1.82, 2.24) is 14.4 Å². The normalized spacial score (nSPS) is 16.5. The molecule has 1 amide bonds. The Morgan fingerprint density at radius 2 is 2.03 bits per heavy atom. The third kappa shape index (κ3) is 4.05. The molecule has 3 aromatic rings. The molecule has 1 unspecified atom stereocenters. The van der Waals surface area contributed by atoms with Gasteiger partial charge in [-0.25, -0.2) is 14.4 Å². The number of nitrogens with zero attached hydrogens (tertiary/aromatic N) is 4. The van der Waals surface area contributed by atoms with Crippen LogP contribution in [0.4, 0.5) is 23.2 Å². The van der Waals surface area contributed by atoms with E-state index in [1.165, 1.54) is 54.8 Å². The zero-order valence-corrected chi connectivity index (χ0v) is 16.8. The quantitative estimate of drug-likeness (QED) is 0.507. The molecule has 0 N–H and O–H groups in total. The summed E-state index contributed by atoms with van der Waals surface area (Å²) >= 11 is 5.79. The van der Waals surface area contributed by atoms with Gasteiger partial charge >= 0.3 is 6.18 Å². The Kier molecular flexibility index (Phi) is 5.30. The van der Waals surface area contributed by atoms with Crippen LogP contribution in [0.1, 0.15) is 22.6 Å². The number of benzene rings is 1. The van der Waals surface area contributed by atoms with Gasteiger partial charge in [0.1, 0.15) is 11.5 Å². The van der Waals surface area contributed by atoms with Gasteiger partial charge in [0.05, 0.1) is 29.0 Å². The van der Waals surface area contributed by atoms with E-state index in [1.54, 1.807) is 4.40 Å². The molecule has 0 aliphatic heterocycles. The first-order chi connectivity index (χ1) is 14.6. The number of anilines is 1. The lowest BCUT2D eigenvalue weighted by atomic mass is 9.95. The van der Waals surface area contributed by atoms with Gasteiger partial charge in [0.15, 0.2) is 5.65 Å². The van der Waals surface area contributed by atoms with E-state index < -0.39 is 23.8 Å². The summed E-state index contributed by atoms with van der Waals surface area (Å²) in [7, 11) is 1.50. The minimum absolute atomic E-state index is 0.0725. The highest BCUT2D eigenvalue weighted by Crippen LogP contribution is 2.35. The second-order valence-electron chi connectivity index (χ2n) is 7.01. The molecular weight excluding hydrogens is 436 g/mol. The molecule has 0 fully saturated rings. The molecule has 1 aromatic carbocycles. The van der Waals surface area contributed by atoms with E-state index in [-0.39, 0.29) is 17.1 Å². The van der Waals surface area contributed by atoms with E-state index in [9.17, 15) is 22.4 Å². The lowest BCUT2D eigenvalue weighted by Gasteiger charge is -2.19. The van der Waals surface area contributed by atoms with Crippen LogP contribution in [0.25, 0.3) is 11.2 Å². The summed E-state index contributed by atoms with van der Waals surface area (Å²) in [4.78, 5) is 22.5. The molecule has 1 atom stereocenters. The number of carbonyl (C=O) groups is 1. The summed E-state index contributed by atoms with van der Waals surface area (Å²) in [6.45, 7) is 0. The fourth-order valence-electron chi connectivity index (χ4n) is 3.25. The molecule has 10 heteroatoms. The highest BCUT2D eigenvalue weighted by Gasteiger charge is 2.38. The molecule has 1 aliphatic rings. The molecule has 2 heterocycles. The minimum Gasteiger partial charge on any atom is -0.310 e. The molecule has 4 rings (SSSR count). The van der Waals surface area contributed by atoms with Crippen molar-refractivity contribution in [3.05, 3.63) is 77.2 Å². The van der Waals surface area contributed by atoms with Crippen LogP contribution in [0, 0.1) is 11.7 Å². The van der Waals surface area contributed by atoms with Crippen molar-refractivity contribution in [2.24, 2.45) is 5.92 Å². The Morgan fingerprint density at radius 3 is 2.68 bits per heavy atom. The summed E-state index contributed by atoms with van der Waals surface area (Å²) < 4.78 is 53.7. The van der Waals surface area contributed by atoms with Crippen LogP contribution in [0.15, 0.2) is 55.0 Å². The predicted octanol–water partition coefficient (Wildman–Crippen LogP) is 5.32. The molecule has 1 aliphatic carbocycles. The van der Waals surface area contributed by atoms with Gasteiger partial charge in [-0.05, 0) is 30.2 Å². The standard InChI is InChI=1S/C21H15ClF4N4O/c1-29(14-6-7-16(23)15(22)8-14)20(31)17-11-30-18(9-28-19(30)10-27-17)12-2-4-13(5-3-12)21(24,25)26/h2-4,6-11,13H,5H2,1H3. The average molecular weight is 451 g/mol. The van der Waals surface area contributed by atoms with E-state index in [0.717, 1.165) is 12.1 Å². The van der Waals surface area contributed by atoms with Gasteiger partial charge in [0, 0.05) is 18.9 Å². The fraction of sp³-hybridized carbons (Fsp3) is 0.190. The van der Waals surface area contributed by atoms with Crippen LogP contribution in [0.2, 0.25) is 5.02 Å². The van der Waals surface area contributed by atoms with E-state index in [2.05, 4.69) is 9.97 Å². The maximum Gasteiger partial charge on any atom is 0.395 e. The molecule has 5 nitrogen and oxygen atoms in total. The van der Waals surface area contributed by atoms with Crippen LogP contribution in [0.5, 0.6) is 0 Å². The molecule has 2 aromatic heterocycles. The number of aromatic nitrogens is 3. The highest BCUT2D eigenvalue weighted by molar-refractivity contribution is 6.31. The number of fused-ring (bicyclic) bond motifs is 1. The SMILES string of the molecule is CN(C(=O)c1cn2c(C3=CCC(C(F)(F)F)C=C3)cnc2cn1)c1ccc(F)c(Cl)c1. The maximum atomic E-state index is 13.4. The smallest absolute Gasteiger partial charge is 0.310 e. The summed E-state index contributed by atoms with van der Waals surface area (Å²) in [6.07, 6.45) is 3.92. The lowest BCUT2D eigenvalue weighted by Crippen LogP contribution is -2.27. The Bertz CT molecular complexity index is 1230. The first-order valence-corrected chi connectivity index (χ1v) is 9.54.